The van der Waals surface area contributed by atoms with Crippen molar-refractivity contribution in [1.29, 1.82) is 0 Å². The maximum atomic E-state index is 6.28. The number of hydrogen-bond acceptors (Lipinski definition) is 4. The highest BCUT2D eigenvalue weighted by molar-refractivity contribution is 6.30. The third-order valence-electron chi connectivity index (χ3n) is 11.5. The van der Waals surface area contributed by atoms with Gasteiger partial charge >= 0.3 is 0 Å². The summed E-state index contributed by atoms with van der Waals surface area (Å²) in [5.74, 6) is 1.15. The molecular weight excluding hydrogens is 675 g/mol. The highest BCUT2D eigenvalue weighted by atomic mass is 16.3. The fourth-order valence-electron chi connectivity index (χ4n) is 9.29. The Morgan fingerprint density at radius 1 is 0.400 bits per heavy atom. The lowest BCUT2D eigenvalue weighted by Gasteiger charge is -2.15. The van der Waals surface area contributed by atoms with E-state index in [1.165, 1.54) is 43.8 Å². The molecule has 0 N–H and O–H groups in total. The molecule has 0 spiro atoms. The average Bonchev–Trinajstić information content (AvgIpc) is 3.93. The van der Waals surface area contributed by atoms with Crippen LogP contribution in [0.25, 0.3) is 122 Å². The van der Waals surface area contributed by atoms with Gasteiger partial charge in [0.2, 0.25) is 0 Å². The molecule has 254 valence electrons. The molecule has 1 aliphatic carbocycles. The van der Waals surface area contributed by atoms with E-state index in [1.54, 1.807) is 0 Å². The van der Waals surface area contributed by atoms with Crippen LogP contribution < -0.4 is 0 Å². The molecule has 0 unspecified atom stereocenters. The van der Waals surface area contributed by atoms with Crippen molar-refractivity contribution in [3.63, 3.8) is 0 Å². The number of nitrogens with zero attached hydrogens (tertiary/aromatic N) is 5. The first kappa shape index (κ1) is 28.9. The predicted molar refractivity (Wildman–Crippen MR) is 223 cm³/mol. The van der Waals surface area contributed by atoms with Gasteiger partial charge in [-0.15, -0.1) is 5.10 Å². The van der Waals surface area contributed by atoms with Gasteiger partial charge in [0.15, 0.2) is 5.82 Å². The molecule has 0 saturated carbocycles. The maximum Gasteiger partial charge on any atom is 0.253 e. The van der Waals surface area contributed by atoms with E-state index in [-0.39, 0.29) is 0 Å². The van der Waals surface area contributed by atoms with Gasteiger partial charge in [0.25, 0.3) is 5.78 Å². The smallest absolute Gasteiger partial charge is 0.253 e. The van der Waals surface area contributed by atoms with Crippen molar-refractivity contribution in [2.75, 3.05) is 0 Å². The second-order valence-corrected chi connectivity index (χ2v) is 14.4. The molecule has 6 heteroatoms. The molecule has 0 fully saturated rings. The lowest BCUT2D eigenvalue weighted by atomic mass is 9.93. The average molecular weight is 702 g/mol. The number of para-hydroxylation sites is 3. The van der Waals surface area contributed by atoms with E-state index in [9.17, 15) is 0 Å². The molecule has 0 bridgehead atoms. The van der Waals surface area contributed by atoms with E-state index in [0.717, 1.165) is 66.4 Å². The van der Waals surface area contributed by atoms with E-state index in [2.05, 4.69) is 138 Å². The first-order valence-corrected chi connectivity index (χ1v) is 18.5. The van der Waals surface area contributed by atoms with Crippen molar-refractivity contribution in [3.8, 4) is 50.6 Å². The minimum Gasteiger partial charge on any atom is -0.456 e. The van der Waals surface area contributed by atoms with E-state index in [1.807, 2.05) is 34.8 Å². The van der Waals surface area contributed by atoms with Gasteiger partial charge in [-0.05, 0) is 75.5 Å². The zero-order valence-electron chi connectivity index (χ0n) is 29.2. The van der Waals surface area contributed by atoms with E-state index < -0.39 is 0 Å². The Labute approximate surface area is 313 Å². The molecular formula is C49H27N5O. The summed E-state index contributed by atoms with van der Waals surface area (Å²) in [6, 6.07) is 57.9. The molecule has 12 aromatic rings. The molecule has 1 aliphatic rings. The van der Waals surface area contributed by atoms with Crippen LogP contribution in [-0.2, 0) is 0 Å². The molecule has 6 nitrogen and oxygen atoms in total. The SMILES string of the molecule is c1ccc2c(c1)-c1cccc3ccc4c(c13)c1c-2cccc1n4-c1ccccc1-c1nc2nc(-c3cccc4oc5ccccc5c34)c3ccccc3n2n1. The fourth-order valence-corrected chi connectivity index (χ4v) is 9.29. The molecule has 0 saturated heterocycles. The van der Waals surface area contributed by atoms with Gasteiger partial charge in [-0.2, -0.15) is 9.50 Å². The second-order valence-electron chi connectivity index (χ2n) is 14.4. The van der Waals surface area contributed by atoms with Crippen molar-refractivity contribution in [2.24, 2.45) is 0 Å². The van der Waals surface area contributed by atoms with E-state index in [0.29, 0.717) is 11.6 Å². The van der Waals surface area contributed by atoms with Crippen LogP contribution in [0.1, 0.15) is 0 Å². The molecule has 0 atom stereocenters. The van der Waals surface area contributed by atoms with Crippen LogP contribution in [0.3, 0.4) is 0 Å². The zero-order chi connectivity index (χ0) is 35.8. The molecule has 4 aromatic heterocycles. The second kappa shape index (κ2) is 10.5. The van der Waals surface area contributed by atoms with Crippen molar-refractivity contribution in [3.05, 3.63) is 164 Å². The fraction of sp³-hybridized carbons (Fsp3) is 0. The first-order chi connectivity index (χ1) is 27.3. The summed E-state index contributed by atoms with van der Waals surface area (Å²) >= 11 is 0. The van der Waals surface area contributed by atoms with Crippen LogP contribution >= 0.6 is 0 Å². The Kier molecular flexibility index (Phi) is 5.54. The van der Waals surface area contributed by atoms with Gasteiger partial charge in [0.05, 0.1) is 27.9 Å². The van der Waals surface area contributed by atoms with E-state index in [4.69, 9.17) is 19.5 Å². The van der Waals surface area contributed by atoms with Gasteiger partial charge in [-0.1, -0.05) is 121 Å². The van der Waals surface area contributed by atoms with Crippen molar-refractivity contribution < 1.29 is 4.42 Å². The van der Waals surface area contributed by atoms with Crippen LogP contribution in [0.5, 0.6) is 0 Å². The third kappa shape index (κ3) is 3.79. The van der Waals surface area contributed by atoms with Crippen molar-refractivity contribution >= 4 is 71.2 Å². The topological polar surface area (TPSA) is 61.2 Å². The van der Waals surface area contributed by atoms with Crippen LogP contribution in [0.4, 0.5) is 0 Å². The quantitative estimate of drug-likeness (QED) is 0.184. The lowest BCUT2D eigenvalue weighted by Crippen LogP contribution is -1.99. The molecule has 0 amide bonds. The number of furan rings is 1. The van der Waals surface area contributed by atoms with Gasteiger partial charge in [0.1, 0.15) is 11.2 Å². The minimum atomic E-state index is 0.537. The van der Waals surface area contributed by atoms with Gasteiger partial charge in [0, 0.05) is 38.1 Å². The Balaban J connectivity index is 1.09. The van der Waals surface area contributed by atoms with Crippen molar-refractivity contribution in [2.45, 2.75) is 0 Å². The highest BCUT2D eigenvalue weighted by Crippen LogP contribution is 2.50. The summed E-state index contributed by atoms with van der Waals surface area (Å²) in [4.78, 5) is 10.5. The number of hydrogen-bond donors (Lipinski definition) is 0. The highest BCUT2D eigenvalue weighted by Gasteiger charge is 2.26. The normalized spacial score (nSPS) is 12.4. The molecule has 0 aliphatic heterocycles. The number of fused-ring (bicyclic) bond motifs is 9. The van der Waals surface area contributed by atoms with Gasteiger partial charge in [-0.3, -0.25) is 0 Å². The standard InChI is InChI=1S/C49H27N5O/c1-2-14-30-29(13-1)31-18-9-12-28-26-27-40-46(43(28)31)45-32(30)19-10-23-39(45)53(40)37-21-6-4-16-34(37)48-51-49-50-47(33-15-3-7-22-38(33)54(49)52-48)36-20-11-25-42-44(36)35-17-5-8-24-41(35)55-42/h1-27H. The van der Waals surface area contributed by atoms with Gasteiger partial charge in [-0.25, -0.2) is 4.98 Å². The van der Waals surface area contributed by atoms with Gasteiger partial charge < -0.3 is 8.98 Å². The summed E-state index contributed by atoms with van der Waals surface area (Å²) in [7, 11) is 0. The Bertz CT molecular complexity index is 3620. The first-order valence-electron chi connectivity index (χ1n) is 18.5. The van der Waals surface area contributed by atoms with Crippen LogP contribution in [0.15, 0.2) is 168 Å². The molecule has 13 rings (SSSR count). The number of aromatic nitrogens is 5. The van der Waals surface area contributed by atoms with E-state index >= 15 is 0 Å². The molecule has 4 heterocycles. The summed E-state index contributed by atoms with van der Waals surface area (Å²) in [6.07, 6.45) is 0. The largest absolute Gasteiger partial charge is 0.456 e. The molecule has 8 aromatic carbocycles. The van der Waals surface area contributed by atoms with Crippen LogP contribution in [-0.4, -0.2) is 24.1 Å². The third-order valence-corrected chi connectivity index (χ3v) is 11.5. The number of rotatable bonds is 3. The molecule has 0 radical (unpaired) electrons. The van der Waals surface area contributed by atoms with Crippen LogP contribution in [0, 0.1) is 0 Å². The predicted octanol–water partition coefficient (Wildman–Crippen LogP) is 12.4. The zero-order valence-corrected chi connectivity index (χ0v) is 29.2. The summed E-state index contributed by atoms with van der Waals surface area (Å²) in [5.41, 5.74) is 13.7. The Hall–Kier alpha value is -7.57. The van der Waals surface area contributed by atoms with Crippen LogP contribution in [0.2, 0.25) is 0 Å². The maximum absolute atomic E-state index is 6.28. The minimum absolute atomic E-state index is 0.537. The summed E-state index contributed by atoms with van der Waals surface area (Å²) in [5, 5.41) is 13.4. The Morgan fingerprint density at radius 2 is 1.04 bits per heavy atom. The Morgan fingerprint density at radius 3 is 1.93 bits per heavy atom. The molecule has 55 heavy (non-hydrogen) atoms. The van der Waals surface area contributed by atoms with Crippen molar-refractivity contribution in [1.82, 2.24) is 24.1 Å². The lowest BCUT2D eigenvalue weighted by molar-refractivity contribution is 0.669. The number of benzene rings is 8. The summed E-state index contributed by atoms with van der Waals surface area (Å²) in [6.45, 7) is 0. The summed E-state index contributed by atoms with van der Waals surface area (Å²) < 4.78 is 10.6. The monoisotopic (exact) mass is 701 g/mol.